The molecule has 0 saturated carbocycles. The lowest BCUT2D eigenvalue weighted by molar-refractivity contribution is 0.660. The third kappa shape index (κ3) is 4.28. The fraction of sp³-hybridized carbons (Fsp3) is 0. The number of hydrogen-bond acceptors (Lipinski definition) is 5. The number of furan rings is 3. The Labute approximate surface area is 291 Å². The van der Waals surface area contributed by atoms with Gasteiger partial charge in [-0.1, -0.05) is 121 Å². The van der Waals surface area contributed by atoms with E-state index in [1.165, 1.54) is 0 Å². The van der Waals surface area contributed by atoms with Crippen molar-refractivity contribution in [2.75, 3.05) is 0 Å². The summed E-state index contributed by atoms with van der Waals surface area (Å²) >= 11 is 0. The molecule has 5 heteroatoms. The van der Waals surface area contributed by atoms with Crippen LogP contribution in [0.15, 0.2) is 171 Å². The van der Waals surface area contributed by atoms with Crippen molar-refractivity contribution < 1.29 is 13.3 Å². The molecule has 4 heterocycles. The van der Waals surface area contributed by atoms with Gasteiger partial charge in [-0.3, -0.25) is 0 Å². The molecule has 0 unspecified atom stereocenters. The molecule has 0 aliphatic heterocycles. The third-order valence-corrected chi connectivity index (χ3v) is 9.91. The van der Waals surface area contributed by atoms with E-state index in [0.717, 1.165) is 105 Å². The van der Waals surface area contributed by atoms with E-state index in [-0.39, 0.29) is 0 Å². The van der Waals surface area contributed by atoms with Crippen LogP contribution in [-0.4, -0.2) is 9.97 Å². The van der Waals surface area contributed by atoms with Gasteiger partial charge in [0.2, 0.25) is 0 Å². The van der Waals surface area contributed by atoms with Gasteiger partial charge in [0.1, 0.15) is 33.5 Å². The van der Waals surface area contributed by atoms with Gasteiger partial charge in [0.05, 0.1) is 16.8 Å². The number of fused-ring (bicyclic) bond motifs is 11. The zero-order valence-corrected chi connectivity index (χ0v) is 27.1. The van der Waals surface area contributed by atoms with Crippen molar-refractivity contribution in [2.24, 2.45) is 0 Å². The van der Waals surface area contributed by atoms with Gasteiger partial charge in [0, 0.05) is 49.2 Å². The van der Waals surface area contributed by atoms with Gasteiger partial charge in [-0.2, -0.15) is 0 Å². The molecule has 7 aromatic carbocycles. The molecule has 11 rings (SSSR count). The maximum Gasteiger partial charge on any atom is 0.160 e. The smallest absolute Gasteiger partial charge is 0.160 e. The molecule has 51 heavy (non-hydrogen) atoms. The molecule has 11 aromatic rings. The fourth-order valence-corrected chi connectivity index (χ4v) is 7.52. The second-order valence-corrected chi connectivity index (χ2v) is 12.9. The van der Waals surface area contributed by atoms with E-state index in [4.69, 9.17) is 23.2 Å². The molecule has 0 bridgehead atoms. The van der Waals surface area contributed by atoms with E-state index in [0.29, 0.717) is 5.82 Å². The highest BCUT2D eigenvalue weighted by molar-refractivity contribution is 6.33. The maximum atomic E-state index is 6.68. The van der Waals surface area contributed by atoms with Crippen molar-refractivity contribution in [3.63, 3.8) is 0 Å². The van der Waals surface area contributed by atoms with Crippen molar-refractivity contribution in [1.29, 1.82) is 0 Å². The van der Waals surface area contributed by atoms with E-state index < -0.39 is 0 Å². The average molecular weight is 655 g/mol. The summed E-state index contributed by atoms with van der Waals surface area (Å²) in [5.41, 5.74) is 11.6. The number of benzene rings is 7. The topological polar surface area (TPSA) is 65.2 Å². The number of para-hydroxylation sites is 2. The fourth-order valence-electron chi connectivity index (χ4n) is 7.52. The van der Waals surface area contributed by atoms with Crippen LogP contribution in [-0.2, 0) is 0 Å². The van der Waals surface area contributed by atoms with E-state index in [9.17, 15) is 0 Å². The summed E-state index contributed by atoms with van der Waals surface area (Å²) in [4.78, 5) is 10.1. The Kier molecular flexibility index (Phi) is 5.89. The van der Waals surface area contributed by atoms with Crippen LogP contribution in [0.25, 0.3) is 111 Å². The van der Waals surface area contributed by atoms with Crippen molar-refractivity contribution >= 4 is 65.8 Å². The quantitative estimate of drug-likeness (QED) is 0.189. The van der Waals surface area contributed by atoms with Crippen LogP contribution >= 0.6 is 0 Å². The normalized spacial score (nSPS) is 11.9. The number of rotatable bonds is 4. The SMILES string of the molecule is c1ccc(-c2cc(-c3ccccc3)nc(-c3ccc(-c4cc5oc6ccc7c8ccccc8oc7c6c5c5c4oc4ccccc45)cc3)n2)cc1. The van der Waals surface area contributed by atoms with Gasteiger partial charge in [-0.05, 0) is 42.0 Å². The molecule has 0 atom stereocenters. The Bertz CT molecular complexity index is 3060. The van der Waals surface area contributed by atoms with Gasteiger partial charge >= 0.3 is 0 Å². The summed E-state index contributed by atoms with van der Waals surface area (Å²) in [5, 5.41) is 6.15. The van der Waals surface area contributed by atoms with Gasteiger partial charge in [0.15, 0.2) is 5.82 Å². The molecule has 0 aliphatic rings. The lowest BCUT2D eigenvalue weighted by Gasteiger charge is -2.10. The van der Waals surface area contributed by atoms with Gasteiger partial charge in [0.25, 0.3) is 0 Å². The minimum absolute atomic E-state index is 0.665. The van der Waals surface area contributed by atoms with E-state index in [1.807, 2.05) is 66.7 Å². The highest BCUT2D eigenvalue weighted by atomic mass is 16.3. The first kappa shape index (κ1) is 27.9. The van der Waals surface area contributed by atoms with Gasteiger partial charge in [-0.15, -0.1) is 0 Å². The first-order valence-electron chi connectivity index (χ1n) is 17.0. The molecule has 5 nitrogen and oxygen atoms in total. The minimum Gasteiger partial charge on any atom is -0.456 e. The zero-order chi connectivity index (χ0) is 33.5. The molecule has 4 aromatic heterocycles. The van der Waals surface area contributed by atoms with Crippen LogP contribution in [0, 0.1) is 0 Å². The van der Waals surface area contributed by atoms with E-state index in [1.54, 1.807) is 0 Å². The predicted molar refractivity (Wildman–Crippen MR) is 206 cm³/mol. The van der Waals surface area contributed by atoms with E-state index >= 15 is 0 Å². The predicted octanol–water partition coefficient (Wildman–Crippen LogP) is 12.8. The summed E-state index contributed by atoms with van der Waals surface area (Å²) < 4.78 is 19.8. The molecule has 0 spiro atoms. The Balaban J connectivity index is 1.11. The van der Waals surface area contributed by atoms with E-state index in [2.05, 4.69) is 91.0 Å². The highest BCUT2D eigenvalue weighted by Gasteiger charge is 2.23. The number of nitrogens with zero attached hydrogens (tertiary/aromatic N) is 2. The summed E-state index contributed by atoms with van der Waals surface area (Å²) in [6.45, 7) is 0. The highest BCUT2D eigenvalue weighted by Crippen LogP contribution is 2.47. The van der Waals surface area contributed by atoms with Crippen molar-refractivity contribution in [3.8, 4) is 45.0 Å². The van der Waals surface area contributed by atoms with Crippen molar-refractivity contribution in [3.05, 3.63) is 158 Å². The molecule has 0 saturated heterocycles. The van der Waals surface area contributed by atoms with Crippen molar-refractivity contribution in [2.45, 2.75) is 0 Å². The third-order valence-electron chi connectivity index (χ3n) is 9.91. The van der Waals surface area contributed by atoms with Crippen LogP contribution in [0.5, 0.6) is 0 Å². The summed E-state index contributed by atoms with van der Waals surface area (Å²) in [6, 6.07) is 53.6. The molecular weight excluding hydrogens is 629 g/mol. The van der Waals surface area contributed by atoms with Crippen LogP contribution in [0.3, 0.4) is 0 Å². The summed E-state index contributed by atoms with van der Waals surface area (Å²) in [5.74, 6) is 0.665. The van der Waals surface area contributed by atoms with Crippen LogP contribution in [0.4, 0.5) is 0 Å². The largest absolute Gasteiger partial charge is 0.456 e. The monoisotopic (exact) mass is 654 g/mol. The van der Waals surface area contributed by atoms with Crippen molar-refractivity contribution in [1.82, 2.24) is 9.97 Å². The molecule has 0 fully saturated rings. The Morgan fingerprint density at radius 2 is 0.922 bits per heavy atom. The maximum absolute atomic E-state index is 6.68. The molecule has 0 radical (unpaired) electrons. The average Bonchev–Trinajstić information content (AvgIpc) is 3.89. The first-order chi connectivity index (χ1) is 25.3. The van der Waals surface area contributed by atoms with Gasteiger partial charge in [-0.25, -0.2) is 9.97 Å². The molecule has 0 N–H and O–H groups in total. The zero-order valence-electron chi connectivity index (χ0n) is 27.1. The second-order valence-electron chi connectivity index (χ2n) is 12.9. The van der Waals surface area contributed by atoms with Crippen LogP contribution in [0.2, 0.25) is 0 Å². The van der Waals surface area contributed by atoms with Gasteiger partial charge < -0.3 is 13.3 Å². The lowest BCUT2D eigenvalue weighted by Crippen LogP contribution is -1.95. The van der Waals surface area contributed by atoms with Crippen LogP contribution < -0.4 is 0 Å². The number of aromatic nitrogens is 2. The second kappa shape index (κ2) is 10.8. The summed E-state index contributed by atoms with van der Waals surface area (Å²) in [6.07, 6.45) is 0. The molecule has 0 aliphatic carbocycles. The molecular formula is C46H26N2O3. The Morgan fingerprint density at radius 3 is 1.63 bits per heavy atom. The summed E-state index contributed by atoms with van der Waals surface area (Å²) in [7, 11) is 0. The standard InChI is InChI=1S/C46H26N2O3/c1-3-11-28(12-4-1)35-26-36(29-13-5-2-6-14-29)48-46(47-35)30-21-19-27(20-22-30)34-25-40-42(41-33-16-8-10-18-38(33)51-45(34)41)43-39(49-40)24-23-32-31-15-7-9-17-37(31)50-44(32)43/h1-26H. The lowest BCUT2D eigenvalue weighted by atomic mass is 9.97. The minimum atomic E-state index is 0.665. The Hall–Kier alpha value is -6.98. The van der Waals surface area contributed by atoms with Crippen LogP contribution in [0.1, 0.15) is 0 Å². The Morgan fingerprint density at radius 1 is 0.333 bits per heavy atom. The molecule has 238 valence electrons. The number of hydrogen-bond donors (Lipinski definition) is 0. The molecule has 0 amide bonds. The first-order valence-corrected chi connectivity index (χ1v) is 17.0.